The summed E-state index contributed by atoms with van der Waals surface area (Å²) in [6, 6.07) is 19.7. The van der Waals surface area contributed by atoms with Crippen LogP contribution in [0.25, 0.3) is 0 Å². The summed E-state index contributed by atoms with van der Waals surface area (Å²) >= 11 is 0. The van der Waals surface area contributed by atoms with E-state index in [2.05, 4.69) is 27.2 Å². The minimum absolute atomic E-state index is 0.104. The highest BCUT2D eigenvalue weighted by Crippen LogP contribution is 2.24. The van der Waals surface area contributed by atoms with Crippen molar-refractivity contribution >= 4 is 17.3 Å². The van der Waals surface area contributed by atoms with Crippen LogP contribution in [-0.4, -0.2) is 48.5 Å². The molecule has 2 aromatic carbocycles. The molecule has 1 aromatic heterocycles. The van der Waals surface area contributed by atoms with Gasteiger partial charge in [-0.05, 0) is 30.3 Å². The number of anilines is 1. The van der Waals surface area contributed by atoms with Crippen LogP contribution in [0.1, 0.15) is 22.2 Å². The predicted molar refractivity (Wildman–Crippen MR) is 117 cm³/mol. The molecular weight excluding hydrogens is 396 g/mol. The number of nitrogens with one attached hydrogen (secondary N) is 1. The predicted octanol–water partition coefficient (Wildman–Crippen LogP) is 3.48. The number of para-hydroxylation sites is 1. The van der Waals surface area contributed by atoms with Crippen molar-refractivity contribution in [2.75, 3.05) is 37.6 Å². The Balaban J connectivity index is 1.42. The first-order valence-electron chi connectivity index (χ1n) is 10.2. The van der Waals surface area contributed by atoms with Crippen LogP contribution in [0.4, 0.5) is 11.4 Å². The molecule has 1 fully saturated rings. The summed E-state index contributed by atoms with van der Waals surface area (Å²) in [5.41, 5.74) is 1.37. The number of carbonyl (C=O) groups excluding carboxylic acids is 1. The normalized spacial score (nSPS) is 15.4. The van der Waals surface area contributed by atoms with E-state index in [1.54, 1.807) is 12.3 Å². The fraction of sp³-hybridized carbons (Fsp3) is 0.261. The van der Waals surface area contributed by atoms with E-state index in [9.17, 15) is 14.9 Å². The van der Waals surface area contributed by atoms with Gasteiger partial charge in [-0.25, -0.2) is 0 Å². The lowest BCUT2D eigenvalue weighted by atomic mass is 10.1. The number of piperazine rings is 1. The molecular formula is C23H24N4O4. The Morgan fingerprint density at radius 1 is 1.03 bits per heavy atom. The highest BCUT2D eigenvalue weighted by atomic mass is 16.6. The highest BCUT2D eigenvalue weighted by Gasteiger charge is 2.27. The topological polar surface area (TPSA) is 91.9 Å². The molecule has 8 heteroatoms. The Bertz CT molecular complexity index is 1020. The van der Waals surface area contributed by atoms with Gasteiger partial charge in [-0.3, -0.25) is 19.8 Å². The Kier molecular flexibility index (Phi) is 6.28. The fourth-order valence-corrected chi connectivity index (χ4v) is 3.87. The van der Waals surface area contributed by atoms with Crippen molar-refractivity contribution < 1.29 is 14.1 Å². The molecule has 3 aromatic rings. The van der Waals surface area contributed by atoms with Crippen LogP contribution >= 0.6 is 0 Å². The van der Waals surface area contributed by atoms with Crippen LogP contribution in [0.3, 0.4) is 0 Å². The molecule has 1 amide bonds. The average molecular weight is 420 g/mol. The number of non-ortho nitro benzene ring substituents is 1. The second-order valence-corrected chi connectivity index (χ2v) is 7.41. The molecule has 0 aliphatic carbocycles. The van der Waals surface area contributed by atoms with Gasteiger partial charge in [-0.15, -0.1) is 0 Å². The van der Waals surface area contributed by atoms with Crippen LogP contribution in [0.5, 0.6) is 0 Å². The summed E-state index contributed by atoms with van der Waals surface area (Å²) in [6.07, 6.45) is 1.63. The molecule has 160 valence electrons. The molecule has 1 aliphatic rings. The van der Waals surface area contributed by atoms with Gasteiger partial charge in [0.1, 0.15) is 5.76 Å². The molecule has 8 nitrogen and oxygen atoms in total. The van der Waals surface area contributed by atoms with E-state index < -0.39 is 4.92 Å². The lowest BCUT2D eigenvalue weighted by molar-refractivity contribution is -0.384. The third-order valence-corrected chi connectivity index (χ3v) is 5.52. The number of nitro groups is 1. The smallest absolute Gasteiger partial charge is 0.270 e. The maximum atomic E-state index is 12.6. The molecule has 2 heterocycles. The summed E-state index contributed by atoms with van der Waals surface area (Å²) in [5.74, 6) is 0.440. The van der Waals surface area contributed by atoms with Gasteiger partial charge in [0.15, 0.2) is 0 Å². The minimum Gasteiger partial charge on any atom is -0.468 e. The zero-order chi connectivity index (χ0) is 21.6. The molecule has 4 rings (SSSR count). The van der Waals surface area contributed by atoms with Gasteiger partial charge in [0.2, 0.25) is 0 Å². The first-order valence-corrected chi connectivity index (χ1v) is 10.2. The second kappa shape index (κ2) is 9.44. The number of carbonyl (C=O) groups is 1. The van der Waals surface area contributed by atoms with Crippen molar-refractivity contribution in [1.29, 1.82) is 0 Å². The Morgan fingerprint density at radius 2 is 1.81 bits per heavy atom. The van der Waals surface area contributed by atoms with E-state index in [0.717, 1.165) is 31.9 Å². The SMILES string of the molecule is O=C(NC[C@@H](c1ccco1)N1CCN(c2ccccc2)CC1)c1cccc([N+](=O)[O-])c1. The molecule has 1 N–H and O–H groups in total. The Hall–Kier alpha value is -3.65. The van der Waals surface area contributed by atoms with Crippen molar-refractivity contribution in [2.24, 2.45) is 0 Å². The molecule has 0 bridgehead atoms. The van der Waals surface area contributed by atoms with E-state index >= 15 is 0 Å². The highest BCUT2D eigenvalue weighted by molar-refractivity contribution is 5.94. The lowest BCUT2D eigenvalue weighted by Gasteiger charge is -2.39. The van der Waals surface area contributed by atoms with E-state index in [-0.39, 0.29) is 23.2 Å². The summed E-state index contributed by atoms with van der Waals surface area (Å²) in [6.45, 7) is 3.75. The number of furan rings is 1. The van der Waals surface area contributed by atoms with Crippen LogP contribution in [-0.2, 0) is 0 Å². The van der Waals surface area contributed by atoms with Crippen LogP contribution in [0.2, 0.25) is 0 Å². The molecule has 1 aliphatic heterocycles. The van der Waals surface area contributed by atoms with Crippen molar-refractivity contribution in [3.8, 4) is 0 Å². The number of nitrogens with zero attached hydrogens (tertiary/aromatic N) is 3. The van der Waals surface area contributed by atoms with Crippen molar-refractivity contribution in [2.45, 2.75) is 6.04 Å². The van der Waals surface area contributed by atoms with Crippen LogP contribution < -0.4 is 10.2 Å². The number of nitro benzene ring substituents is 1. The molecule has 31 heavy (non-hydrogen) atoms. The van der Waals surface area contributed by atoms with Gasteiger partial charge in [0, 0.05) is 56.1 Å². The zero-order valence-electron chi connectivity index (χ0n) is 17.0. The molecule has 0 unspecified atom stereocenters. The van der Waals surface area contributed by atoms with Gasteiger partial charge in [-0.2, -0.15) is 0 Å². The molecule has 0 spiro atoms. The standard InChI is InChI=1S/C23H24N4O4/c28-23(18-6-4-9-20(16-18)27(29)30)24-17-21(22-10-5-15-31-22)26-13-11-25(12-14-26)19-7-2-1-3-8-19/h1-10,15-16,21H,11-14,17H2,(H,24,28)/t21-/m0/s1. The zero-order valence-corrected chi connectivity index (χ0v) is 17.0. The molecule has 0 radical (unpaired) electrons. The minimum atomic E-state index is -0.505. The van der Waals surface area contributed by atoms with Crippen molar-refractivity contribution in [1.82, 2.24) is 10.2 Å². The Morgan fingerprint density at radius 3 is 2.48 bits per heavy atom. The number of benzene rings is 2. The second-order valence-electron chi connectivity index (χ2n) is 7.41. The van der Waals surface area contributed by atoms with Gasteiger partial charge in [0.05, 0.1) is 17.2 Å². The van der Waals surface area contributed by atoms with Gasteiger partial charge >= 0.3 is 0 Å². The first-order chi connectivity index (χ1) is 15.1. The van der Waals surface area contributed by atoms with Crippen molar-refractivity contribution in [3.63, 3.8) is 0 Å². The Labute approximate surface area is 180 Å². The number of hydrogen-bond acceptors (Lipinski definition) is 6. The van der Waals surface area contributed by atoms with Gasteiger partial charge in [0.25, 0.3) is 11.6 Å². The number of amides is 1. The molecule has 0 saturated carbocycles. The van der Waals surface area contributed by atoms with E-state index in [0.29, 0.717) is 6.54 Å². The maximum Gasteiger partial charge on any atom is 0.270 e. The average Bonchev–Trinajstić information content (AvgIpc) is 3.35. The fourth-order valence-electron chi connectivity index (χ4n) is 3.87. The molecule has 1 saturated heterocycles. The maximum absolute atomic E-state index is 12.6. The third-order valence-electron chi connectivity index (χ3n) is 5.52. The summed E-state index contributed by atoms with van der Waals surface area (Å²) in [5, 5.41) is 13.9. The van der Waals surface area contributed by atoms with Gasteiger partial charge in [-0.1, -0.05) is 24.3 Å². The van der Waals surface area contributed by atoms with E-state index in [1.807, 2.05) is 30.3 Å². The summed E-state index contributed by atoms with van der Waals surface area (Å²) < 4.78 is 5.65. The van der Waals surface area contributed by atoms with E-state index in [4.69, 9.17) is 4.42 Å². The number of rotatable bonds is 7. The largest absolute Gasteiger partial charge is 0.468 e. The number of hydrogen-bond donors (Lipinski definition) is 1. The first kappa shape index (κ1) is 20.6. The monoisotopic (exact) mass is 420 g/mol. The quantitative estimate of drug-likeness (QED) is 0.465. The van der Waals surface area contributed by atoms with E-state index in [1.165, 1.54) is 23.9 Å². The lowest BCUT2D eigenvalue weighted by Crippen LogP contribution is -2.49. The summed E-state index contributed by atoms with van der Waals surface area (Å²) in [7, 11) is 0. The van der Waals surface area contributed by atoms with Crippen LogP contribution in [0.15, 0.2) is 77.4 Å². The molecule has 1 atom stereocenters. The van der Waals surface area contributed by atoms with Crippen molar-refractivity contribution in [3.05, 3.63) is 94.4 Å². The van der Waals surface area contributed by atoms with Gasteiger partial charge < -0.3 is 14.6 Å². The third kappa shape index (κ3) is 4.92. The van der Waals surface area contributed by atoms with Crippen LogP contribution in [0, 0.1) is 10.1 Å². The summed E-state index contributed by atoms with van der Waals surface area (Å²) in [4.78, 5) is 27.7.